The highest BCUT2D eigenvalue weighted by Gasteiger charge is 2.17. The van der Waals surface area contributed by atoms with Gasteiger partial charge in [0.15, 0.2) is 11.5 Å². The van der Waals surface area contributed by atoms with E-state index in [1.807, 2.05) is 12.2 Å². The van der Waals surface area contributed by atoms with Crippen LogP contribution in [0.4, 0.5) is 5.69 Å². The van der Waals surface area contributed by atoms with Gasteiger partial charge < -0.3 is 23.9 Å². The lowest BCUT2D eigenvalue weighted by Crippen LogP contribution is -2.40. The molecule has 0 unspecified atom stereocenters. The molecule has 168 valence electrons. The standard InChI is InChI=1S/C25H22N2O6/c1-30-20-13-16(14-21(31-2)22(20)32-3)23(28)26-17-9-7-8-15(12-17)24-27-19-11-6-4-5-10-18(19)25(29)33-24/h4-5,7-14H,6H2,1-3H3,(H,26,28). The third-order valence-electron chi connectivity index (χ3n) is 5.05. The number of amides is 1. The van der Waals surface area contributed by atoms with Gasteiger partial charge in [0.05, 0.1) is 31.9 Å². The zero-order chi connectivity index (χ0) is 23.4. The first kappa shape index (κ1) is 21.9. The van der Waals surface area contributed by atoms with E-state index < -0.39 is 5.63 Å². The number of allylic oxidation sites excluding steroid dienone is 2. The van der Waals surface area contributed by atoms with Crippen LogP contribution in [0.2, 0.25) is 0 Å². The molecule has 0 saturated carbocycles. The summed E-state index contributed by atoms with van der Waals surface area (Å²) < 4.78 is 21.4. The lowest BCUT2D eigenvalue weighted by molar-refractivity contribution is 0.102. The molecule has 0 radical (unpaired) electrons. The van der Waals surface area contributed by atoms with Crippen molar-refractivity contribution in [2.75, 3.05) is 26.6 Å². The van der Waals surface area contributed by atoms with Gasteiger partial charge in [-0.25, -0.2) is 9.78 Å². The Morgan fingerprint density at radius 2 is 1.82 bits per heavy atom. The molecule has 0 fully saturated rings. The average molecular weight is 446 g/mol. The lowest BCUT2D eigenvalue weighted by atomic mass is 10.1. The summed E-state index contributed by atoms with van der Waals surface area (Å²) in [6, 6.07) is 10.0. The normalized spacial score (nSPS) is 12.0. The molecular formula is C25H22N2O6. The molecule has 0 bridgehead atoms. The van der Waals surface area contributed by atoms with Gasteiger partial charge in [-0.15, -0.1) is 0 Å². The Kier molecular flexibility index (Phi) is 6.26. The maximum absolute atomic E-state index is 12.9. The van der Waals surface area contributed by atoms with Gasteiger partial charge in [-0.2, -0.15) is 0 Å². The van der Waals surface area contributed by atoms with Gasteiger partial charge in [-0.3, -0.25) is 4.79 Å². The van der Waals surface area contributed by atoms with E-state index in [4.69, 9.17) is 18.6 Å². The predicted octanol–water partition coefficient (Wildman–Crippen LogP) is 2.50. The molecule has 0 saturated heterocycles. The highest BCUT2D eigenvalue weighted by molar-refractivity contribution is 6.05. The van der Waals surface area contributed by atoms with Crippen molar-refractivity contribution in [1.82, 2.24) is 4.98 Å². The van der Waals surface area contributed by atoms with Crippen molar-refractivity contribution >= 4 is 23.7 Å². The van der Waals surface area contributed by atoms with Crippen LogP contribution in [-0.2, 0) is 0 Å². The fourth-order valence-electron chi connectivity index (χ4n) is 3.44. The molecule has 1 aromatic heterocycles. The number of ether oxygens (including phenoxy) is 3. The van der Waals surface area contributed by atoms with Crippen LogP contribution in [0, 0.1) is 0 Å². The number of carbonyl (C=O) groups excluding carboxylic acids is 1. The van der Waals surface area contributed by atoms with Crippen LogP contribution in [0.3, 0.4) is 0 Å². The Hall–Kier alpha value is -4.33. The van der Waals surface area contributed by atoms with Crippen LogP contribution in [0.15, 0.2) is 57.8 Å². The average Bonchev–Trinajstić information content (AvgIpc) is 3.09. The molecule has 1 N–H and O–H groups in total. The van der Waals surface area contributed by atoms with Gasteiger partial charge in [0.25, 0.3) is 5.91 Å². The van der Waals surface area contributed by atoms with Gasteiger partial charge in [-0.05, 0) is 42.8 Å². The van der Waals surface area contributed by atoms with Crippen molar-refractivity contribution in [3.63, 3.8) is 0 Å². The van der Waals surface area contributed by atoms with Gasteiger partial charge in [0, 0.05) is 16.8 Å². The number of rotatable bonds is 6. The molecule has 0 spiro atoms. The molecule has 0 atom stereocenters. The van der Waals surface area contributed by atoms with E-state index in [2.05, 4.69) is 10.3 Å². The summed E-state index contributed by atoms with van der Waals surface area (Å²) >= 11 is 0. The second-order valence-electron chi connectivity index (χ2n) is 7.09. The minimum absolute atomic E-state index is 0.175. The lowest BCUT2D eigenvalue weighted by Gasteiger charge is -2.14. The highest BCUT2D eigenvalue weighted by Crippen LogP contribution is 2.38. The summed E-state index contributed by atoms with van der Waals surface area (Å²) in [6.07, 6.45) is 7.96. The smallest absolute Gasteiger partial charge is 0.347 e. The number of fused-ring (bicyclic) bond motifs is 1. The maximum Gasteiger partial charge on any atom is 0.347 e. The molecule has 1 amide bonds. The van der Waals surface area contributed by atoms with E-state index in [1.54, 1.807) is 48.6 Å². The summed E-state index contributed by atoms with van der Waals surface area (Å²) in [5, 5.41) is 3.82. The minimum Gasteiger partial charge on any atom is -0.493 e. The summed E-state index contributed by atoms with van der Waals surface area (Å²) in [5.74, 6) is 0.932. The number of benzene rings is 2. The van der Waals surface area contributed by atoms with Crippen molar-refractivity contribution in [2.24, 2.45) is 0 Å². The van der Waals surface area contributed by atoms with E-state index in [0.29, 0.717) is 51.1 Å². The van der Waals surface area contributed by atoms with E-state index in [1.165, 1.54) is 21.3 Å². The SMILES string of the molecule is COc1cc(C(=O)Nc2cccc(-c3nc4c(c(=O)o3)=CC=CCC=4)c2)cc(OC)c1OC. The first-order chi connectivity index (χ1) is 16.0. The third kappa shape index (κ3) is 4.50. The number of nitrogens with zero attached hydrogens (tertiary/aromatic N) is 1. The van der Waals surface area contributed by atoms with E-state index in [0.717, 1.165) is 0 Å². The largest absolute Gasteiger partial charge is 0.493 e. The summed E-state index contributed by atoms with van der Waals surface area (Å²) in [5.41, 5.74) is 0.915. The Bertz CT molecular complexity index is 1400. The number of hydrogen-bond acceptors (Lipinski definition) is 7. The summed E-state index contributed by atoms with van der Waals surface area (Å²) in [6.45, 7) is 0. The van der Waals surface area contributed by atoms with Crippen LogP contribution < -0.4 is 35.7 Å². The quantitative estimate of drug-likeness (QED) is 0.621. The number of methoxy groups -OCH3 is 3. The maximum atomic E-state index is 12.9. The number of hydrogen-bond donors (Lipinski definition) is 1. The first-order valence-electron chi connectivity index (χ1n) is 10.1. The van der Waals surface area contributed by atoms with Crippen LogP contribution in [0.25, 0.3) is 23.6 Å². The number of aromatic nitrogens is 1. The Labute approximate surface area is 189 Å². The van der Waals surface area contributed by atoms with Crippen molar-refractivity contribution in [2.45, 2.75) is 6.42 Å². The fraction of sp³-hybridized carbons (Fsp3) is 0.160. The van der Waals surface area contributed by atoms with Crippen molar-refractivity contribution in [3.05, 3.63) is 75.1 Å². The zero-order valence-electron chi connectivity index (χ0n) is 18.4. The Morgan fingerprint density at radius 1 is 1.06 bits per heavy atom. The van der Waals surface area contributed by atoms with Crippen LogP contribution >= 0.6 is 0 Å². The van der Waals surface area contributed by atoms with Crippen LogP contribution in [-0.4, -0.2) is 32.2 Å². The van der Waals surface area contributed by atoms with Gasteiger partial charge in [0.2, 0.25) is 11.6 Å². The molecule has 8 nitrogen and oxygen atoms in total. The second kappa shape index (κ2) is 9.44. The number of carbonyl (C=O) groups is 1. The minimum atomic E-state index is -0.468. The summed E-state index contributed by atoms with van der Waals surface area (Å²) in [7, 11) is 4.46. The molecule has 2 aromatic carbocycles. The molecule has 4 rings (SSSR count). The first-order valence-corrected chi connectivity index (χ1v) is 10.1. The molecular weight excluding hydrogens is 424 g/mol. The summed E-state index contributed by atoms with van der Waals surface area (Å²) in [4.78, 5) is 29.8. The van der Waals surface area contributed by atoms with E-state index >= 15 is 0 Å². The molecule has 33 heavy (non-hydrogen) atoms. The second-order valence-corrected chi connectivity index (χ2v) is 7.09. The fourth-order valence-corrected chi connectivity index (χ4v) is 3.44. The molecule has 1 aliphatic rings. The highest BCUT2D eigenvalue weighted by atomic mass is 16.5. The van der Waals surface area contributed by atoms with Crippen molar-refractivity contribution < 1.29 is 23.4 Å². The van der Waals surface area contributed by atoms with Gasteiger partial charge >= 0.3 is 5.63 Å². The van der Waals surface area contributed by atoms with Gasteiger partial charge in [-0.1, -0.05) is 24.3 Å². The van der Waals surface area contributed by atoms with Crippen LogP contribution in [0.5, 0.6) is 17.2 Å². The Morgan fingerprint density at radius 3 is 2.52 bits per heavy atom. The van der Waals surface area contributed by atoms with Gasteiger partial charge in [0.1, 0.15) is 0 Å². The van der Waals surface area contributed by atoms with E-state index in [9.17, 15) is 9.59 Å². The topological polar surface area (TPSA) is 99.9 Å². The molecule has 1 aliphatic carbocycles. The number of anilines is 1. The molecule has 8 heteroatoms. The molecule has 0 aliphatic heterocycles. The van der Waals surface area contributed by atoms with Crippen LogP contribution in [0.1, 0.15) is 16.8 Å². The molecule has 1 heterocycles. The zero-order valence-corrected chi connectivity index (χ0v) is 18.4. The van der Waals surface area contributed by atoms with Crippen molar-refractivity contribution in [3.8, 4) is 28.7 Å². The van der Waals surface area contributed by atoms with E-state index in [-0.39, 0.29) is 11.8 Å². The number of nitrogens with one attached hydrogen (secondary N) is 1. The van der Waals surface area contributed by atoms with Crippen molar-refractivity contribution in [1.29, 1.82) is 0 Å². The third-order valence-corrected chi connectivity index (χ3v) is 5.05. The predicted molar refractivity (Wildman–Crippen MR) is 124 cm³/mol. The monoisotopic (exact) mass is 446 g/mol. The Balaban J connectivity index is 1.66. The molecule has 3 aromatic rings.